The van der Waals surface area contributed by atoms with Crippen molar-refractivity contribution < 1.29 is 4.79 Å². The zero-order valence-electron chi connectivity index (χ0n) is 14.9. The SMILES string of the molecule is CC(C)c1ccccc1NC(=O)Cn1cnc2sc3c(c2c1=O)CCC3. The molecular weight excluding hydrogens is 346 g/mol. The van der Waals surface area contributed by atoms with E-state index in [1.165, 1.54) is 15.8 Å². The standard InChI is InChI=1S/C20H21N3O2S/c1-12(2)13-6-3-4-8-15(13)22-17(24)10-23-11-21-19-18(20(23)25)14-7-5-9-16(14)26-19/h3-4,6,8,11-12H,5,7,9-10H2,1-2H3,(H,22,24). The lowest BCUT2D eigenvalue weighted by Crippen LogP contribution is -2.28. The van der Waals surface area contributed by atoms with Gasteiger partial charge in [0, 0.05) is 10.6 Å². The average Bonchev–Trinajstić information content (AvgIpc) is 3.18. The highest BCUT2D eigenvalue weighted by Gasteiger charge is 2.21. The van der Waals surface area contributed by atoms with Gasteiger partial charge >= 0.3 is 0 Å². The van der Waals surface area contributed by atoms with Gasteiger partial charge in [-0.1, -0.05) is 32.0 Å². The lowest BCUT2D eigenvalue weighted by Gasteiger charge is -2.14. The minimum Gasteiger partial charge on any atom is -0.324 e. The highest BCUT2D eigenvalue weighted by Crippen LogP contribution is 2.34. The van der Waals surface area contributed by atoms with E-state index in [9.17, 15) is 9.59 Å². The van der Waals surface area contributed by atoms with Gasteiger partial charge < -0.3 is 5.32 Å². The number of para-hydroxylation sites is 1. The molecule has 6 heteroatoms. The Morgan fingerprint density at radius 3 is 2.92 bits per heavy atom. The van der Waals surface area contributed by atoms with Crippen LogP contribution in [-0.4, -0.2) is 15.5 Å². The number of anilines is 1. The van der Waals surface area contributed by atoms with Gasteiger partial charge in [0.25, 0.3) is 5.56 Å². The minimum atomic E-state index is -0.215. The third-order valence-corrected chi connectivity index (χ3v) is 6.06. The van der Waals surface area contributed by atoms with Crippen LogP contribution in [-0.2, 0) is 24.2 Å². The molecule has 2 aromatic heterocycles. The van der Waals surface area contributed by atoms with E-state index < -0.39 is 0 Å². The van der Waals surface area contributed by atoms with Crippen LogP contribution in [0.5, 0.6) is 0 Å². The summed E-state index contributed by atoms with van der Waals surface area (Å²) in [6.45, 7) is 4.15. The summed E-state index contributed by atoms with van der Waals surface area (Å²) in [4.78, 5) is 31.9. The lowest BCUT2D eigenvalue weighted by molar-refractivity contribution is -0.116. The van der Waals surface area contributed by atoms with Gasteiger partial charge in [-0.15, -0.1) is 11.3 Å². The van der Waals surface area contributed by atoms with Crippen molar-refractivity contribution in [1.82, 2.24) is 9.55 Å². The number of fused-ring (bicyclic) bond motifs is 3. The van der Waals surface area contributed by atoms with Crippen molar-refractivity contribution in [3.8, 4) is 0 Å². The maximum Gasteiger partial charge on any atom is 0.262 e. The van der Waals surface area contributed by atoms with Gasteiger partial charge in [0.15, 0.2) is 0 Å². The van der Waals surface area contributed by atoms with E-state index in [2.05, 4.69) is 24.1 Å². The van der Waals surface area contributed by atoms with E-state index in [-0.39, 0.29) is 18.0 Å². The Balaban J connectivity index is 1.61. The topological polar surface area (TPSA) is 64.0 Å². The van der Waals surface area contributed by atoms with E-state index in [1.54, 1.807) is 11.3 Å². The van der Waals surface area contributed by atoms with Crippen LogP contribution in [0.1, 0.15) is 42.2 Å². The Morgan fingerprint density at radius 1 is 1.31 bits per heavy atom. The maximum atomic E-state index is 12.9. The Kier molecular flexibility index (Phi) is 4.36. The van der Waals surface area contributed by atoms with Crippen molar-refractivity contribution in [3.63, 3.8) is 0 Å². The molecule has 0 saturated heterocycles. The van der Waals surface area contributed by atoms with Crippen LogP contribution in [0.4, 0.5) is 5.69 Å². The number of rotatable bonds is 4. The first-order valence-electron chi connectivity index (χ1n) is 8.93. The zero-order valence-corrected chi connectivity index (χ0v) is 15.7. The van der Waals surface area contributed by atoms with Crippen LogP contribution >= 0.6 is 11.3 Å². The molecule has 0 unspecified atom stereocenters. The first-order chi connectivity index (χ1) is 12.5. The van der Waals surface area contributed by atoms with Crippen molar-refractivity contribution in [2.75, 3.05) is 5.32 Å². The second kappa shape index (κ2) is 6.68. The molecule has 0 atom stereocenters. The fourth-order valence-corrected chi connectivity index (χ4v) is 4.81. The summed E-state index contributed by atoms with van der Waals surface area (Å²) < 4.78 is 1.42. The van der Waals surface area contributed by atoms with Gasteiger partial charge in [-0.3, -0.25) is 14.2 Å². The summed E-state index contributed by atoms with van der Waals surface area (Å²) in [5, 5.41) is 3.65. The molecule has 4 rings (SSSR count). The molecule has 1 aliphatic rings. The van der Waals surface area contributed by atoms with Gasteiger partial charge in [-0.25, -0.2) is 4.98 Å². The summed E-state index contributed by atoms with van der Waals surface area (Å²) in [6.07, 6.45) is 4.55. The highest BCUT2D eigenvalue weighted by atomic mass is 32.1. The van der Waals surface area contributed by atoms with E-state index in [0.717, 1.165) is 40.9 Å². The molecule has 134 valence electrons. The molecule has 0 fully saturated rings. The predicted octanol–water partition coefficient (Wildman–Crippen LogP) is 3.71. The number of aryl methyl sites for hydroxylation is 2. The van der Waals surface area contributed by atoms with Crippen LogP contribution in [0.3, 0.4) is 0 Å². The Bertz CT molecular complexity index is 1050. The fraction of sp³-hybridized carbons (Fsp3) is 0.350. The number of carbonyl (C=O) groups excluding carboxylic acids is 1. The highest BCUT2D eigenvalue weighted by molar-refractivity contribution is 7.18. The number of nitrogens with one attached hydrogen (secondary N) is 1. The molecule has 26 heavy (non-hydrogen) atoms. The summed E-state index contributed by atoms with van der Waals surface area (Å²) in [5.41, 5.74) is 2.91. The molecule has 2 heterocycles. The number of aromatic nitrogens is 2. The molecular formula is C20H21N3O2S. The molecule has 1 amide bonds. The molecule has 1 aliphatic carbocycles. The summed E-state index contributed by atoms with van der Waals surface area (Å²) >= 11 is 1.61. The molecule has 0 radical (unpaired) electrons. The Hall–Kier alpha value is -2.47. The first kappa shape index (κ1) is 17.0. The summed E-state index contributed by atoms with van der Waals surface area (Å²) in [7, 11) is 0. The minimum absolute atomic E-state index is 0.0289. The second-order valence-corrected chi connectivity index (χ2v) is 8.09. The average molecular weight is 367 g/mol. The molecule has 1 N–H and O–H groups in total. The molecule has 1 aromatic carbocycles. The largest absolute Gasteiger partial charge is 0.324 e. The summed E-state index contributed by atoms with van der Waals surface area (Å²) in [5.74, 6) is 0.0915. The van der Waals surface area contributed by atoms with Crippen LogP contribution in [0.25, 0.3) is 10.2 Å². The van der Waals surface area contributed by atoms with Crippen LogP contribution in [0.2, 0.25) is 0 Å². The second-order valence-electron chi connectivity index (χ2n) is 7.01. The molecule has 0 bridgehead atoms. The van der Waals surface area contributed by atoms with Gasteiger partial charge in [0.2, 0.25) is 5.91 Å². The van der Waals surface area contributed by atoms with Gasteiger partial charge in [0.1, 0.15) is 11.4 Å². The fourth-order valence-electron chi connectivity index (χ4n) is 3.59. The monoisotopic (exact) mass is 367 g/mol. The van der Waals surface area contributed by atoms with Gasteiger partial charge in [-0.2, -0.15) is 0 Å². The third-order valence-electron chi connectivity index (χ3n) is 4.86. The number of hydrogen-bond donors (Lipinski definition) is 1. The van der Waals surface area contributed by atoms with E-state index in [0.29, 0.717) is 11.3 Å². The van der Waals surface area contributed by atoms with Gasteiger partial charge in [0.05, 0.1) is 11.7 Å². The zero-order chi connectivity index (χ0) is 18.3. The number of benzene rings is 1. The quantitative estimate of drug-likeness (QED) is 0.764. The van der Waals surface area contributed by atoms with Crippen molar-refractivity contribution in [2.24, 2.45) is 0 Å². The number of carbonyl (C=O) groups is 1. The Labute approximate surface area is 155 Å². The third kappa shape index (κ3) is 2.94. The Morgan fingerprint density at radius 2 is 2.12 bits per heavy atom. The van der Waals surface area contributed by atoms with E-state index in [4.69, 9.17) is 0 Å². The number of thiophene rings is 1. The summed E-state index contributed by atoms with van der Waals surface area (Å²) in [6, 6.07) is 7.76. The lowest BCUT2D eigenvalue weighted by atomic mass is 10.0. The maximum absolute atomic E-state index is 12.9. The van der Waals surface area contributed by atoms with Crippen molar-refractivity contribution >= 4 is 33.1 Å². The molecule has 0 aliphatic heterocycles. The number of hydrogen-bond acceptors (Lipinski definition) is 4. The molecule has 3 aromatic rings. The smallest absolute Gasteiger partial charge is 0.262 e. The van der Waals surface area contributed by atoms with Crippen molar-refractivity contribution in [1.29, 1.82) is 0 Å². The first-order valence-corrected chi connectivity index (χ1v) is 9.74. The number of nitrogens with zero attached hydrogens (tertiary/aromatic N) is 2. The van der Waals surface area contributed by atoms with E-state index >= 15 is 0 Å². The molecule has 5 nitrogen and oxygen atoms in total. The molecule has 0 saturated carbocycles. The van der Waals surface area contributed by atoms with Crippen molar-refractivity contribution in [2.45, 2.75) is 45.6 Å². The van der Waals surface area contributed by atoms with E-state index in [1.807, 2.05) is 24.3 Å². The number of amides is 1. The normalized spacial score (nSPS) is 13.3. The van der Waals surface area contributed by atoms with Gasteiger partial charge in [-0.05, 0) is 42.4 Å². The van der Waals surface area contributed by atoms with Crippen LogP contribution in [0, 0.1) is 0 Å². The van der Waals surface area contributed by atoms with Crippen LogP contribution < -0.4 is 10.9 Å². The molecule has 0 spiro atoms. The van der Waals surface area contributed by atoms with Crippen molar-refractivity contribution in [3.05, 3.63) is 57.0 Å². The van der Waals surface area contributed by atoms with Crippen LogP contribution in [0.15, 0.2) is 35.4 Å². The predicted molar refractivity (Wildman–Crippen MR) is 105 cm³/mol.